The molecule has 2 heterocycles. The van der Waals surface area contributed by atoms with E-state index in [1.165, 1.54) is 0 Å². The van der Waals surface area contributed by atoms with E-state index in [9.17, 15) is 9.18 Å². The van der Waals surface area contributed by atoms with Crippen LogP contribution >= 0.6 is 0 Å². The monoisotopic (exact) mass is 290 g/mol. The maximum absolute atomic E-state index is 13.8. The molecule has 2 aromatic rings. The Morgan fingerprint density at radius 3 is 2.95 bits per heavy atom. The number of carbonyl (C=O) groups excluding carboxylic acids is 1. The lowest BCUT2D eigenvalue weighted by molar-refractivity contribution is 0.0879. The van der Waals surface area contributed by atoms with Crippen molar-refractivity contribution in [1.29, 1.82) is 0 Å². The molecule has 112 valence electrons. The van der Waals surface area contributed by atoms with E-state index in [1.54, 1.807) is 10.6 Å². The molecule has 3 N–H and O–H groups in total. The lowest BCUT2D eigenvalue weighted by Gasteiger charge is -2.26. The standard InChI is InChI=1S/C15H19FN4O/c16-11-3-1-2-4-12(11)19-15(21)13-9-20-8-10(7-17)5-6-14(20)18-13/h5-6,8-9,11-12H,1-4,7,17H2,(H,19,21)/t11-,12+/m0/s1. The second kappa shape index (κ2) is 5.81. The SMILES string of the molecule is NCc1ccc2nc(C(=O)N[C@@H]3CCCC[C@@H]3F)cn2c1. The molecule has 1 fully saturated rings. The molecule has 1 amide bonds. The van der Waals surface area contributed by atoms with Crippen molar-refractivity contribution in [2.45, 2.75) is 44.4 Å². The molecule has 2 atom stereocenters. The summed E-state index contributed by atoms with van der Waals surface area (Å²) >= 11 is 0. The number of carbonyl (C=O) groups is 1. The Kier molecular flexibility index (Phi) is 3.88. The molecule has 1 saturated carbocycles. The van der Waals surface area contributed by atoms with E-state index in [2.05, 4.69) is 10.3 Å². The maximum Gasteiger partial charge on any atom is 0.271 e. The van der Waals surface area contributed by atoms with Crippen LogP contribution in [0.15, 0.2) is 24.5 Å². The summed E-state index contributed by atoms with van der Waals surface area (Å²) in [6.45, 7) is 0.432. The molecule has 1 aliphatic rings. The van der Waals surface area contributed by atoms with Crippen molar-refractivity contribution in [1.82, 2.24) is 14.7 Å². The number of fused-ring (bicyclic) bond motifs is 1. The van der Waals surface area contributed by atoms with E-state index in [4.69, 9.17) is 5.73 Å². The van der Waals surface area contributed by atoms with Crippen LogP contribution < -0.4 is 11.1 Å². The van der Waals surface area contributed by atoms with Gasteiger partial charge in [0, 0.05) is 18.9 Å². The lowest BCUT2D eigenvalue weighted by atomic mass is 9.93. The van der Waals surface area contributed by atoms with Crippen LogP contribution in [0, 0.1) is 0 Å². The van der Waals surface area contributed by atoms with Crippen LogP contribution in [0.1, 0.15) is 41.7 Å². The molecule has 3 rings (SSSR count). The molecule has 0 aromatic carbocycles. The Bertz CT molecular complexity index is 654. The zero-order valence-electron chi connectivity index (χ0n) is 11.8. The van der Waals surface area contributed by atoms with Crippen LogP contribution in [0.2, 0.25) is 0 Å². The molecule has 1 aliphatic carbocycles. The van der Waals surface area contributed by atoms with Crippen LogP contribution in [-0.4, -0.2) is 27.5 Å². The van der Waals surface area contributed by atoms with Gasteiger partial charge in [0.1, 0.15) is 17.5 Å². The number of pyridine rings is 1. The highest BCUT2D eigenvalue weighted by atomic mass is 19.1. The van der Waals surface area contributed by atoms with Crippen LogP contribution in [-0.2, 0) is 6.54 Å². The molecule has 5 nitrogen and oxygen atoms in total. The molecule has 0 radical (unpaired) electrons. The highest BCUT2D eigenvalue weighted by Gasteiger charge is 2.27. The Labute approximate surface area is 122 Å². The van der Waals surface area contributed by atoms with Gasteiger partial charge in [0.05, 0.1) is 6.04 Å². The number of alkyl halides is 1. The first-order valence-electron chi connectivity index (χ1n) is 7.30. The quantitative estimate of drug-likeness (QED) is 0.905. The molecule has 0 unspecified atom stereocenters. The third-order valence-corrected chi connectivity index (χ3v) is 3.98. The first kappa shape index (κ1) is 14.0. The summed E-state index contributed by atoms with van der Waals surface area (Å²) in [6.07, 6.45) is 5.61. The van der Waals surface area contributed by atoms with Gasteiger partial charge >= 0.3 is 0 Å². The zero-order valence-corrected chi connectivity index (χ0v) is 11.8. The average Bonchev–Trinajstić information content (AvgIpc) is 2.92. The fourth-order valence-corrected chi connectivity index (χ4v) is 2.76. The third-order valence-electron chi connectivity index (χ3n) is 3.98. The number of nitrogens with zero attached hydrogens (tertiary/aromatic N) is 2. The minimum Gasteiger partial charge on any atom is -0.345 e. The van der Waals surface area contributed by atoms with Gasteiger partial charge in [-0.2, -0.15) is 0 Å². The number of nitrogens with two attached hydrogens (primary N) is 1. The van der Waals surface area contributed by atoms with Gasteiger partial charge < -0.3 is 15.5 Å². The topological polar surface area (TPSA) is 72.4 Å². The van der Waals surface area contributed by atoms with Crippen LogP contribution in [0.4, 0.5) is 4.39 Å². The molecule has 21 heavy (non-hydrogen) atoms. The first-order chi connectivity index (χ1) is 10.2. The zero-order chi connectivity index (χ0) is 14.8. The highest BCUT2D eigenvalue weighted by Crippen LogP contribution is 2.21. The van der Waals surface area contributed by atoms with Crippen molar-refractivity contribution < 1.29 is 9.18 Å². The van der Waals surface area contributed by atoms with Gasteiger partial charge in [0.15, 0.2) is 0 Å². The number of hydrogen-bond acceptors (Lipinski definition) is 3. The number of imidazole rings is 1. The van der Waals surface area contributed by atoms with Crippen molar-refractivity contribution in [3.8, 4) is 0 Å². The second-order valence-electron chi connectivity index (χ2n) is 5.51. The van der Waals surface area contributed by atoms with Gasteiger partial charge in [-0.15, -0.1) is 0 Å². The molecule has 0 bridgehead atoms. The van der Waals surface area contributed by atoms with E-state index in [0.717, 1.165) is 18.4 Å². The Morgan fingerprint density at radius 2 is 2.19 bits per heavy atom. The van der Waals surface area contributed by atoms with Crippen molar-refractivity contribution in [2.24, 2.45) is 5.73 Å². The van der Waals surface area contributed by atoms with Crippen molar-refractivity contribution in [3.05, 3.63) is 35.8 Å². The van der Waals surface area contributed by atoms with Crippen LogP contribution in [0.3, 0.4) is 0 Å². The number of halogens is 1. The van der Waals surface area contributed by atoms with Crippen LogP contribution in [0.5, 0.6) is 0 Å². The molecule has 2 aromatic heterocycles. The summed E-state index contributed by atoms with van der Waals surface area (Å²) in [5.74, 6) is -0.317. The largest absolute Gasteiger partial charge is 0.345 e. The van der Waals surface area contributed by atoms with Gasteiger partial charge in [0.25, 0.3) is 5.91 Å². The van der Waals surface area contributed by atoms with Crippen molar-refractivity contribution >= 4 is 11.6 Å². The molecule has 6 heteroatoms. The fourth-order valence-electron chi connectivity index (χ4n) is 2.76. The predicted octanol–water partition coefficient (Wildman–Crippen LogP) is 1.80. The summed E-state index contributed by atoms with van der Waals surface area (Å²) in [4.78, 5) is 16.5. The van der Waals surface area contributed by atoms with Crippen LogP contribution in [0.25, 0.3) is 5.65 Å². The number of nitrogens with one attached hydrogen (secondary N) is 1. The Morgan fingerprint density at radius 1 is 1.38 bits per heavy atom. The van der Waals surface area contributed by atoms with E-state index in [-0.39, 0.29) is 5.91 Å². The van der Waals surface area contributed by atoms with Crippen molar-refractivity contribution in [2.75, 3.05) is 0 Å². The maximum atomic E-state index is 13.8. The second-order valence-corrected chi connectivity index (χ2v) is 5.51. The smallest absolute Gasteiger partial charge is 0.271 e. The van der Waals surface area contributed by atoms with E-state index in [1.807, 2.05) is 18.3 Å². The average molecular weight is 290 g/mol. The van der Waals surface area contributed by atoms with Gasteiger partial charge in [0.2, 0.25) is 0 Å². The third kappa shape index (κ3) is 2.90. The highest BCUT2D eigenvalue weighted by molar-refractivity contribution is 5.93. The number of hydrogen-bond donors (Lipinski definition) is 2. The van der Waals surface area contributed by atoms with Gasteiger partial charge in [-0.1, -0.05) is 18.9 Å². The Balaban J connectivity index is 1.77. The van der Waals surface area contributed by atoms with Gasteiger partial charge in [-0.3, -0.25) is 4.79 Å². The van der Waals surface area contributed by atoms with Gasteiger partial charge in [-0.25, -0.2) is 9.37 Å². The molecular formula is C15H19FN4O. The number of rotatable bonds is 3. The number of aromatic nitrogens is 2. The Hall–Kier alpha value is -1.95. The first-order valence-corrected chi connectivity index (χ1v) is 7.30. The minimum absolute atomic E-state index is 0.307. The molecule has 0 aliphatic heterocycles. The number of amides is 1. The van der Waals surface area contributed by atoms with E-state index in [0.29, 0.717) is 30.7 Å². The summed E-state index contributed by atoms with van der Waals surface area (Å²) in [5, 5.41) is 2.76. The van der Waals surface area contributed by atoms with E-state index >= 15 is 0 Å². The predicted molar refractivity (Wildman–Crippen MR) is 77.7 cm³/mol. The van der Waals surface area contributed by atoms with E-state index < -0.39 is 12.2 Å². The summed E-state index contributed by atoms with van der Waals surface area (Å²) in [7, 11) is 0. The molecule has 0 spiro atoms. The van der Waals surface area contributed by atoms with Gasteiger partial charge in [-0.05, 0) is 24.5 Å². The fraction of sp³-hybridized carbons (Fsp3) is 0.467. The summed E-state index contributed by atoms with van der Waals surface area (Å²) in [6, 6.07) is 3.30. The normalized spacial score (nSPS) is 22.4. The summed E-state index contributed by atoms with van der Waals surface area (Å²) < 4.78 is 15.5. The van der Waals surface area contributed by atoms with Crippen molar-refractivity contribution in [3.63, 3.8) is 0 Å². The molecule has 0 saturated heterocycles. The molecular weight excluding hydrogens is 271 g/mol. The lowest BCUT2D eigenvalue weighted by Crippen LogP contribution is -2.43. The summed E-state index contributed by atoms with van der Waals surface area (Å²) in [5.41, 5.74) is 7.54. The minimum atomic E-state index is -0.955.